The van der Waals surface area contributed by atoms with Gasteiger partial charge in [-0.3, -0.25) is 14.6 Å². The number of halogens is 1. The topological polar surface area (TPSA) is 126 Å². The van der Waals surface area contributed by atoms with E-state index in [-0.39, 0.29) is 46.3 Å². The maximum absolute atomic E-state index is 13.7. The summed E-state index contributed by atoms with van der Waals surface area (Å²) < 4.78 is 68.3. The highest BCUT2D eigenvalue weighted by Gasteiger charge is 2.50. The van der Waals surface area contributed by atoms with Gasteiger partial charge in [0.1, 0.15) is 11.4 Å². The minimum atomic E-state index is -4.01. The van der Waals surface area contributed by atoms with E-state index in [4.69, 9.17) is 21.1 Å². The molecule has 2 saturated heterocycles. The lowest BCUT2D eigenvalue weighted by Gasteiger charge is -2.53. The van der Waals surface area contributed by atoms with Gasteiger partial charge in [0.25, 0.3) is 5.91 Å². The molecular weight excluding hydrogens is 760 g/mol. The molecule has 2 aliphatic carbocycles. The van der Waals surface area contributed by atoms with Crippen LogP contribution in [0.3, 0.4) is 0 Å². The summed E-state index contributed by atoms with van der Waals surface area (Å²) in [5.74, 6) is 0.555. The van der Waals surface area contributed by atoms with Crippen molar-refractivity contribution >= 4 is 43.1 Å². The van der Waals surface area contributed by atoms with Crippen molar-refractivity contribution in [3.05, 3.63) is 70.3 Å². The van der Waals surface area contributed by atoms with Crippen molar-refractivity contribution in [2.24, 2.45) is 17.8 Å². The first kappa shape index (κ1) is 39.2. The third-order valence-electron chi connectivity index (χ3n) is 13.9. The van der Waals surface area contributed by atoms with Crippen molar-refractivity contribution in [3.63, 3.8) is 0 Å². The van der Waals surface area contributed by atoms with E-state index < -0.39 is 36.6 Å². The van der Waals surface area contributed by atoms with Gasteiger partial charge in [-0.25, -0.2) is 21.6 Å². The van der Waals surface area contributed by atoms with Crippen LogP contribution in [0.4, 0.5) is 5.69 Å². The van der Waals surface area contributed by atoms with Crippen LogP contribution in [0.25, 0.3) is 0 Å². The lowest BCUT2D eigenvalue weighted by atomic mass is 9.63. The van der Waals surface area contributed by atoms with Gasteiger partial charge in [-0.2, -0.15) is 0 Å². The average molecular weight is 815 g/mol. The number of carbonyl (C=O) groups excluding carboxylic acids is 1. The van der Waals surface area contributed by atoms with Crippen LogP contribution in [0.2, 0.25) is 5.02 Å². The Hall–Kier alpha value is -2.68. The quantitative estimate of drug-likeness (QED) is 0.437. The van der Waals surface area contributed by atoms with Gasteiger partial charge >= 0.3 is 0 Å². The fourth-order valence-electron chi connectivity index (χ4n) is 10.3. The summed E-state index contributed by atoms with van der Waals surface area (Å²) in [5, 5.41) is -0.107. The molecule has 8 rings (SSSR count). The van der Waals surface area contributed by atoms with Gasteiger partial charge in [0.05, 0.1) is 29.0 Å². The molecule has 4 heterocycles. The van der Waals surface area contributed by atoms with Gasteiger partial charge in [-0.1, -0.05) is 36.7 Å². The number of hydrogen-bond acceptors (Lipinski definition) is 10. The number of nitrogens with one attached hydrogen (secondary N) is 1. The first-order valence-electron chi connectivity index (χ1n) is 20.0. The molecule has 0 radical (unpaired) electrons. The Bertz CT molecular complexity index is 2060. The summed E-state index contributed by atoms with van der Waals surface area (Å²) in [6, 6.07) is 11.4. The first-order chi connectivity index (χ1) is 26.2. The molecule has 2 aromatic carbocycles. The standard InChI is InChI=1S/C41H55ClN4O7S2/c1-28-6-4-15-41(52-3,26-44-16-17-45-18-19-54(48,49)24-34(45)23-44)36-11-8-32(36)22-46-25-40(14-5-7-30-20-33(42)10-12-35(30)40)27-53-38-13-9-31(21-37(38)46)39(47)43-55(50,51)29(28)2/h4,9-10,12-13,15,20-21,28-29,32,34,36H,5-8,11,14,16-19,22-27H2,1-3H3,(H,43,47)/b15-4+/t28-,29+,32-,34-,36+,40-,41-/m0/s1. The Morgan fingerprint density at radius 1 is 1.04 bits per heavy atom. The maximum Gasteiger partial charge on any atom is 0.264 e. The number of anilines is 1. The van der Waals surface area contributed by atoms with Crippen LogP contribution in [0.1, 0.15) is 67.4 Å². The Morgan fingerprint density at radius 3 is 2.65 bits per heavy atom. The molecule has 11 nitrogen and oxygen atoms in total. The van der Waals surface area contributed by atoms with E-state index in [9.17, 15) is 21.6 Å². The molecule has 14 heteroatoms. The fourth-order valence-corrected chi connectivity index (χ4v) is 13.4. The van der Waals surface area contributed by atoms with E-state index in [0.29, 0.717) is 51.5 Å². The average Bonchev–Trinajstić information content (AvgIpc) is 3.28. The third-order valence-corrected chi connectivity index (χ3v) is 17.8. The fraction of sp³-hybridized carbons (Fsp3) is 0.634. The van der Waals surface area contributed by atoms with Gasteiger partial charge in [0, 0.05) is 75.0 Å². The number of nitrogens with zero attached hydrogens (tertiary/aromatic N) is 3. The van der Waals surface area contributed by atoms with Gasteiger partial charge in [0.2, 0.25) is 10.0 Å². The molecule has 2 bridgehead atoms. The summed E-state index contributed by atoms with van der Waals surface area (Å²) in [6.45, 7) is 8.90. The number of methoxy groups -OCH3 is 1. The van der Waals surface area contributed by atoms with Crippen LogP contribution in [0.15, 0.2) is 48.6 Å². The van der Waals surface area contributed by atoms with Crippen molar-refractivity contribution < 1.29 is 31.1 Å². The number of fused-ring (bicyclic) bond motifs is 5. The zero-order valence-corrected chi connectivity index (χ0v) is 34.6. The van der Waals surface area contributed by atoms with Crippen LogP contribution in [0, 0.1) is 17.8 Å². The smallest absolute Gasteiger partial charge is 0.264 e. The van der Waals surface area contributed by atoms with Gasteiger partial charge < -0.3 is 14.4 Å². The van der Waals surface area contributed by atoms with Crippen molar-refractivity contribution in [1.29, 1.82) is 0 Å². The number of hydrogen-bond donors (Lipinski definition) is 1. The third kappa shape index (κ3) is 7.58. The molecule has 300 valence electrons. The molecule has 0 aromatic heterocycles. The highest BCUT2D eigenvalue weighted by Crippen LogP contribution is 2.49. The number of amides is 1. The number of sulfone groups is 1. The van der Waals surface area contributed by atoms with Crippen LogP contribution >= 0.6 is 11.6 Å². The van der Waals surface area contributed by atoms with Gasteiger partial charge in [-0.05, 0) is 105 Å². The Labute approximate surface area is 331 Å². The second kappa shape index (κ2) is 14.9. The molecule has 6 aliphatic rings. The van der Waals surface area contributed by atoms with E-state index in [1.165, 1.54) is 11.1 Å². The zero-order valence-electron chi connectivity index (χ0n) is 32.2. The second-order valence-corrected chi connectivity index (χ2v) is 21.9. The summed E-state index contributed by atoms with van der Waals surface area (Å²) >= 11 is 6.50. The number of aryl methyl sites for hydroxylation is 1. The Morgan fingerprint density at radius 2 is 1.87 bits per heavy atom. The molecule has 2 aromatic rings. The lowest BCUT2D eigenvalue weighted by Crippen LogP contribution is -2.63. The van der Waals surface area contributed by atoms with Crippen molar-refractivity contribution in [1.82, 2.24) is 14.5 Å². The van der Waals surface area contributed by atoms with Crippen LogP contribution in [-0.4, -0.2) is 120 Å². The van der Waals surface area contributed by atoms with Gasteiger partial charge in [-0.15, -0.1) is 0 Å². The normalized spacial score (nSPS) is 35.5. The summed E-state index contributed by atoms with van der Waals surface area (Å²) in [5.41, 5.74) is 2.56. The molecule has 1 amide bonds. The zero-order chi connectivity index (χ0) is 38.8. The van der Waals surface area contributed by atoms with Gasteiger partial charge in [0.15, 0.2) is 9.84 Å². The SMILES string of the molecule is CO[C@]1(CN2CCN3CCS(=O)(=O)C[C@@H]3C2)/C=C/C[C@H](C)[C@@H](C)S(=O)(=O)NC(=O)c2ccc3c(c2)N(C[C@@H]2CC[C@H]21)C[C@@]1(CCCc2cc(Cl)ccc21)CO3. The van der Waals surface area contributed by atoms with E-state index >= 15 is 0 Å². The van der Waals surface area contributed by atoms with Crippen molar-refractivity contribution in [2.75, 3.05) is 75.9 Å². The van der Waals surface area contributed by atoms with Crippen LogP contribution in [-0.2, 0) is 36.4 Å². The second-order valence-electron chi connectivity index (χ2n) is 17.2. The monoisotopic (exact) mass is 814 g/mol. The highest BCUT2D eigenvalue weighted by atomic mass is 35.5. The van der Waals surface area contributed by atoms with E-state index in [2.05, 4.69) is 43.7 Å². The molecule has 1 saturated carbocycles. The van der Waals surface area contributed by atoms with E-state index in [1.54, 1.807) is 26.2 Å². The molecule has 55 heavy (non-hydrogen) atoms. The number of benzene rings is 2. The summed E-state index contributed by atoms with van der Waals surface area (Å²) in [7, 11) is -5.30. The highest BCUT2D eigenvalue weighted by molar-refractivity contribution is 7.91. The number of allylic oxidation sites excluding steroid dienone is 1. The molecule has 1 spiro atoms. The number of rotatable bonds is 3. The Kier molecular flexibility index (Phi) is 10.6. The summed E-state index contributed by atoms with van der Waals surface area (Å²) in [4.78, 5) is 20.8. The van der Waals surface area contributed by atoms with Crippen LogP contribution < -0.4 is 14.4 Å². The first-order valence-corrected chi connectivity index (χ1v) is 23.7. The number of ether oxygens (including phenoxy) is 2. The predicted molar refractivity (Wildman–Crippen MR) is 215 cm³/mol. The molecule has 7 atom stereocenters. The van der Waals surface area contributed by atoms with E-state index in [0.717, 1.165) is 55.9 Å². The molecule has 3 fully saturated rings. The minimum absolute atomic E-state index is 0.0395. The van der Waals surface area contributed by atoms with Crippen LogP contribution in [0.5, 0.6) is 5.75 Å². The molecule has 0 unspecified atom stereocenters. The van der Waals surface area contributed by atoms with Crippen molar-refractivity contribution in [2.45, 2.75) is 74.7 Å². The minimum Gasteiger partial charge on any atom is -0.490 e. The predicted octanol–water partition coefficient (Wildman–Crippen LogP) is 4.68. The molecule has 1 N–H and O–H groups in total. The Balaban J connectivity index is 1.18. The maximum atomic E-state index is 13.7. The molecule has 4 aliphatic heterocycles. The number of piperazine rings is 1. The van der Waals surface area contributed by atoms with Crippen molar-refractivity contribution in [3.8, 4) is 5.75 Å². The number of carbonyl (C=O) groups is 1. The summed E-state index contributed by atoms with van der Waals surface area (Å²) in [6.07, 6.45) is 9.61. The number of sulfonamides is 1. The lowest BCUT2D eigenvalue weighted by molar-refractivity contribution is -0.0981. The molecular formula is C41H55ClN4O7S2. The largest absolute Gasteiger partial charge is 0.490 e. The van der Waals surface area contributed by atoms with E-state index in [1.807, 2.05) is 19.1 Å².